The summed E-state index contributed by atoms with van der Waals surface area (Å²) in [6, 6.07) is 7.48. The Morgan fingerprint density at radius 2 is 1.88 bits per heavy atom. The highest BCUT2D eigenvalue weighted by atomic mass is 16.5. The van der Waals surface area contributed by atoms with Crippen LogP contribution in [0, 0.1) is 0 Å². The number of hydrogen-bond acceptors (Lipinski definition) is 6. The SMILES string of the molecule is COc1ccc(/C(C)=N/Nc2nc3c(c(=O)[nH]c(=O)n3C)n2C)cc1. The molecule has 2 aromatic heterocycles. The van der Waals surface area contributed by atoms with Crippen molar-refractivity contribution in [3.05, 3.63) is 50.7 Å². The maximum atomic E-state index is 12.0. The van der Waals surface area contributed by atoms with Gasteiger partial charge in [0.05, 0.1) is 12.8 Å². The van der Waals surface area contributed by atoms with E-state index in [0.29, 0.717) is 11.5 Å². The van der Waals surface area contributed by atoms with Crippen molar-refractivity contribution in [2.75, 3.05) is 12.5 Å². The normalized spacial score (nSPS) is 11.8. The summed E-state index contributed by atoms with van der Waals surface area (Å²) in [7, 11) is 4.83. The molecule has 2 N–H and O–H groups in total. The van der Waals surface area contributed by atoms with Gasteiger partial charge in [-0.3, -0.25) is 14.3 Å². The van der Waals surface area contributed by atoms with Gasteiger partial charge in [0, 0.05) is 14.1 Å². The molecule has 0 radical (unpaired) electrons. The molecule has 2 heterocycles. The van der Waals surface area contributed by atoms with E-state index >= 15 is 0 Å². The highest BCUT2D eigenvalue weighted by Gasteiger charge is 2.14. The van der Waals surface area contributed by atoms with Crippen molar-refractivity contribution in [3.8, 4) is 5.75 Å². The minimum atomic E-state index is -0.514. The fraction of sp³-hybridized carbons (Fsp3) is 0.250. The Balaban J connectivity index is 1.96. The van der Waals surface area contributed by atoms with Gasteiger partial charge in [-0.1, -0.05) is 0 Å². The molecule has 0 amide bonds. The molecule has 0 fully saturated rings. The molecule has 0 saturated heterocycles. The molecule has 0 bridgehead atoms. The monoisotopic (exact) mass is 342 g/mol. The van der Waals surface area contributed by atoms with Gasteiger partial charge in [-0.25, -0.2) is 10.2 Å². The first-order valence-corrected chi connectivity index (χ1v) is 7.53. The number of fused-ring (bicyclic) bond motifs is 1. The van der Waals surface area contributed by atoms with Crippen LogP contribution >= 0.6 is 0 Å². The largest absolute Gasteiger partial charge is 0.497 e. The van der Waals surface area contributed by atoms with Crippen LogP contribution in [-0.4, -0.2) is 31.9 Å². The zero-order chi connectivity index (χ0) is 18.1. The number of nitrogens with zero attached hydrogens (tertiary/aromatic N) is 4. The van der Waals surface area contributed by atoms with E-state index in [9.17, 15) is 9.59 Å². The lowest BCUT2D eigenvalue weighted by molar-refractivity contribution is 0.415. The van der Waals surface area contributed by atoms with Crippen molar-refractivity contribution in [1.29, 1.82) is 0 Å². The maximum Gasteiger partial charge on any atom is 0.329 e. The van der Waals surface area contributed by atoms with Crippen LogP contribution in [-0.2, 0) is 14.1 Å². The molecule has 0 atom stereocenters. The smallest absolute Gasteiger partial charge is 0.329 e. The number of aromatic amines is 1. The molecule has 3 rings (SSSR count). The number of rotatable bonds is 4. The van der Waals surface area contributed by atoms with E-state index in [-0.39, 0.29) is 5.65 Å². The third-order valence-electron chi connectivity index (χ3n) is 3.97. The number of benzene rings is 1. The second-order valence-corrected chi connectivity index (χ2v) is 5.52. The van der Waals surface area contributed by atoms with E-state index in [4.69, 9.17) is 4.74 Å². The highest BCUT2D eigenvalue weighted by Crippen LogP contribution is 2.14. The fourth-order valence-electron chi connectivity index (χ4n) is 2.44. The summed E-state index contributed by atoms with van der Waals surface area (Å²) in [6.07, 6.45) is 0. The Hall–Kier alpha value is -3.36. The van der Waals surface area contributed by atoms with Crippen LogP contribution in [0.25, 0.3) is 11.2 Å². The van der Waals surface area contributed by atoms with Crippen molar-refractivity contribution in [1.82, 2.24) is 19.1 Å². The van der Waals surface area contributed by atoms with Gasteiger partial charge in [0.1, 0.15) is 5.75 Å². The van der Waals surface area contributed by atoms with Crippen LogP contribution in [0.3, 0.4) is 0 Å². The van der Waals surface area contributed by atoms with Crippen LogP contribution in [0.1, 0.15) is 12.5 Å². The summed E-state index contributed by atoms with van der Waals surface area (Å²) in [5.41, 5.74) is 4.07. The molecule has 9 nitrogen and oxygen atoms in total. The first kappa shape index (κ1) is 16.5. The zero-order valence-electron chi connectivity index (χ0n) is 14.3. The molecule has 0 aliphatic heterocycles. The number of methoxy groups -OCH3 is 1. The van der Waals surface area contributed by atoms with E-state index in [2.05, 4.69) is 20.5 Å². The summed E-state index contributed by atoms with van der Waals surface area (Å²) in [4.78, 5) is 30.2. The summed E-state index contributed by atoms with van der Waals surface area (Å²) >= 11 is 0. The maximum absolute atomic E-state index is 12.0. The number of imidazole rings is 1. The van der Waals surface area contributed by atoms with Crippen LogP contribution in [0.2, 0.25) is 0 Å². The van der Waals surface area contributed by atoms with E-state index in [1.165, 1.54) is 4.57 Å². The lowest BCUT2D eigenvalue weighted by atomic mass is 10.1. The van der Waals surface area contributed by atoms with Gasteiger partial charge in [0.15, 0.2) is 11.2 Å². The van der Waals surface area contributed by atoms with Gasteiger partial charge >= 0.3 is 5.69 Å². The van der Waals surface area contributed by atoms with Gasteiger partial charge in [0.25, 0.3) is 5.56 Å². The van der Waals surface area contributed by atoms with Crippen molar-refractivity contribution < 1.29 is 4.74 Å². The van der Waals surface area contributed by atoms with Crippen molar-refractivity contribution >= 4 is 22.8 Å². The molecule has 0 aliphatic carbocycles. The van der Waals surface area contributed by atoms with E-state index in [1.54, 1.807) is 25.8 Å². The molecule has 0 saturated carbocycles. The molecule has 25 heavy (non-hydrogen) atoms. The number of hydrazone groups is 1. The molecular weight excluding hydrogens is 324 g/mol. The first-order valence-electron chi connectivity index (χ1n) is 7.53. The number of H-pyrrole nitrogens is 1. The first-order chi connectivity index (χ1) is 11.9. The second-order valence-electron chi connectivity index (χ2n) is 5.52. The number of nitrogens with one attached hydrogen (secondary N) is 2. The van der Waals surface area contributed by atoms with E-state index in [0.717, 1.165) is 17.0 Å². The Labute approximate surface area is 142 Å². The predicted molar refractivity (Wildman–Crippen MR) is 95.4 cm³/mol. The number of aromatic nitrogens is 4. The van der Waals surface area contributed by atoms with Crippen molar-refractivity contribution in [3.63, 3.8) is 0 Å². The standard InChI is InChI=1S/C16H18N6O3/c1-9(10-5-7-11(25-4)8-6-10)19-20-15-17-13-12(21(15)2)14(23)18-16(24)22(13)3/h5-8H,1-4H3,(H,17,20)(H,18,23,24)/b19-9+. The molecular formula is C16H18N6O3. The molecule has 0 aliphatic rings. The topological polar surface area (TPSA) is 106 Å². The van der Waals surface area contributed by atoms with Gasteiger partial charge in [-0.15, -0.1) is 0 Å². The Bertz CT molecular complexity index is 1070. The van der Waals surface area contributed by atoms with E-state index < -0.39 is 11.2 Å². The lowest BCUT2D eigenvalue weighted by Gasteiger charge is -2.04. The van der Waals surface area contributed by atoms with E-state index in [1.807, 2.05) is 31.2 Å². The van der Waals surface area contributed by atoms with Gasteiger partial charge < -0.3 is 9.30 Å². The quantitative estimate of drug-likeness (QED) is 0.539. The molecule has 9 heteroatoms. The Morgan fingerprint density at radius 3 is 2.52 bits per heavy atom. The number of ether oxygens (including phenoxy) is 1. The third-order valence-corrected chi connectivity index (χ3v) is 3.97. The van der Waals surface area contributed by atoms with Crippen LogP contribution in [0.4, 0.5) is 5.95 Å². The summed E-state index contributed by atoms with van der Waals surface area (Å²) in [6.45, 7) is 1.85. The predicted octanol–water partition coefficient (Wildman–Crippen LogP) is 0.805. The molecule has 3 aromatic rings. The van der Waals surface area contributed by atoms with Gasteiger partial charge in [0.2, 0.25) is 5.95 Å². The van der Waals surface area contributed by atoms with Gasteiger partial charge in [-0.2, -0.15) is 10.1 Å². The summed E-state index contributed by atoms with van der Waals surface area (Å²) in [5, 5.41) is 4.30. The average Bonchev–Trinajstić information content (AvgIpc) is 2.95. The summed E-state index contributed by atoms with van der Waals surface area (Å²) in [5.74, 6) is 1.12. The zero-order valence-corrected chi connectivity index (χ0v) is 14.3. The molecule has 1 aromatic carbocycles. The van der Waals surface area contributed by atoms with Crippen LogP contribution < -0.4 is 21.4 Å². The highest BCUT2D eigenvalue weighted by molar-refractivity contribution is 5.99. The minimum Gasteiger partial charge on any atom is -0.497 e. The second kappa shape index (κ2) is 6.27. The summed E-state index contributed by atoms with van der Waals surface area (Å²) < 4.78 is 7.96. The van der Waals surface area contributed by atoms with Crippen molar-refractivity contribution in [2.45, 2.75) is 6.92 Å². The third kappa shape index (κ3) is 2.91. The lowest BCUT2D eigenvalue weighted by Crippen LogP contribution is -2.29. The molecule has 0 unspecified atom stereocenters. The van der Waals surface area contributed by atoms with Gasteiger partial charge in [-0.05, 0) is 36.8 Å². The minimum absolute atomic E-state index is 0.288. The Morgan fingerprint density at radius 1 is 1.20 bits per heavy atom. The van der Waals surface area contributed by atoms with Crippen molar-refractivity contribution in [2.24, 2.45) is 19.2 Å². The number of aryl methyl sites for hydroxylation is 2. The molecule has 130 valence electrons. The van der Waals surface area contributed by atoms with Crippen LogP contribution in [0.5, 0.6) is 5.75 Å². The number of hydrogen-bond donors (Lipinski definition) is 2. The Kier molecular flexibility index (Phi) is 4.14. The number of anilines is 1. The fourth-order valence-corrected chi connectivity index (χ4v) is 2.44. The molecule has 0 spiro atoms. The van der Waals surface area contributed by atoms with Crippen LogP contribution in [0.15, 0.2) is 39.0 Å². The average molecular weight is 342 g/mol.